The molecule has 0 aromatic heterocycles. The zero-order valence-corrected chi connectivity index (χ0v) is 12.5. The Morgan fingerprint density at radius 3 is 2.77 bits per heavy atom. The van der Waals surface area contributed by atoms with E-state index >= 15 is 0 Å². The molecule has 0 saturated carbocycles. The molecular formula is C17H18N2O3. The smallest absolute Gasteiger partial charge is 0.262 e. The highest BCUT2D eigenvalue weighted by Crippen LogP contribution is 2.19. The average molecular weight is 298 g/mol. The van der Waals surface area contributed by atoms with Crippen LogP contribution in [0.5, 0.6) is 5.75 Å². The maximum Gasteiger partial charge on any atom is 0.262 e. The molecule has 0 unspecified atom stereocenters. The van der Waals surface area contributed by atoms with Gasteiger partial charge in [-0.15, -0.1) is 0 Å². The second-order valence-corrected chi connectivity index (χ2v) is 4.87. The van der Waals surface area contributed by atoms with Crippen molar-refractivity contribution in [1.82, 2.24) is 0 Å². The standard InChI is InChI=1S/C17H18N2O3/c1-12-6-5-8-15(13(12)2)19-17(20)11-22-16-9-4-3-7-14(16)10-18-21/h3-10,21H,11H2,1-2H3,(H,19,20)/b18-10+. The van der Waals surface area contributed by atoms with Gasteiger partial charge in [-0.3, -0.25) is 4.79 Å². The molecule has 2 aromatic carbocycles. The van der Waals surface area contributed by atoms with Gasteiger partial charge >= 0.3 is 0 Å². The van der Waals surface area contributed by atoms with Gasteiger partial charge in [0.05, 0.1) is 6.21 Å². The molecule has 1 amide bonds. The predicted octanol–water partition coefficient (Wildman–Crippen LogP) is 3.13. The normalized spacial score (nSPS) is 10.6. The van der Waals surface area contributed by atoms with Crippen LogP contribution in [0.3, 0.4) is 0 Å². The van der Waals surface area contributed by atoms with Gasteiger partial charge in [-0.1, -0.05) is 29.4 Å². The van der Waals surface area contributed by atoms with E-state index in [1.807, 2.05) is 32.0 Å². The molecule has 0 bridgehead atoms. The summed E-state index contributed by atoms with van der Waals surface area (Å²) in [7, 11) is 0. The van der Waals surface area contributed by atoms with Crippen LogP contribution < -0.4 is 10.1 Å². The van der Waals surface area contributed by atoms with Gasteiger partial charge in [0.15, 0.2) is 6.61 Å². The Labute approximate surface area is 129 Å². The molecule has 5 nitrogen and oxygen atoms in total. The molecule has 0 atom stereocenters. The van der Waals surface area contributed by atoms with Crippen LogP contribution in [0.4, 0.5) is 5.69 Å². The van der Waals surface area contributed by atoms with Gasteiger partial charge < -0.3 is 15.3 Å². The molecule has 5 heteroatoms. The second kappa shape index (κ2) is 7.26. The summed E-state index contributed by atoms with van der Waals surface area (Å²) in [6, 6.07) is 12.8. The molecule has 22 heavy (non-hydrogen) atoms. The Balaban J connectivity index is 2.00. The maximum atomic E-state index is 12.0. The molecule has 0 saturated heterocycles. The summed E-state index contributed by atoms with van der Waals surface area (Å²) in [5.41, 5.74) is 3.52. The van der Waals surface area contributed by atoms with Crippen LogP contribution in [0.25, 0.3) is 0 Å². The largest absolute Gasteiger partial charge is 0.483 e. The molecule has 0 aliphatic heterocycles. The van der Waals surface area contributed by atoms with Crippen molar-refractivity contribution >= 4 is 17.8 Å². The maximum absolute atomic E-state index is 12.0. The number of carbonyl (C=O) groups excluding carboxylic acids is 1. The number of rotatable bonds is 5. The Morgan fingerprint density at radius 2 is 2.00 bits per heavy atom. The highest BCUT2D eigenvalue weighted by atomic mass is 16.5. The number of amides is 1. The van der Waals surface area contributed by atoms with Crippen molar-refractivity contribution < 1.29 is 14.7 Å². The van der Waals surface area contributed by atoms with Gasteiger partial charge in [0, 0.05) is 11.3 Å². The molecule has 2 N–H and O–H groups in total. The highest BCUT2D eigenvalue weighted by Gasteiger charge is 2.08. The third-order valence-electron chi connectivity index (χ3n) is 3.35. The van der Waals surface area contributed by atoms with E-state index in [4.69, 9.17) is 9.94 Å². The molecule has 0 aliphatic carbocycles. The van der Waals surface area contributed by atoms with Crippen LogP contribution in [0.2, 0.25) is 0 Å². The number of benzene rings is 2. The molecule has 0 spiro atoms. The molecule has 0 fully saturated rings. The topological polar surface area (TPSA) is 70.9 Å². The van der Waals surface area contributed by atoms with Crippen LogP contribution in [-0.4, -0.2) is 23.9 Å². The van der Waals surface area contributed by atoms with Gasteiger partial charge in [-0.05, 0) is 43.2 Å². The van der Waals surface area contributed by atoms with E-state index in [-0.39, 0.29) is 12.5 Å². The third kappa shape index (κ3) is 3.85. The van der Waals surface area contributed by atoms with Crippen LogP contribution in [-0.2, 0) is 4.79 Å². The van der Waals surface area contributed by atoms with Crippen molar-refractivity contribution in [2.75, 3.05) is 11.9 Å². The fourth-order valence-corrected chi connectivity index (χ4v) is 2.00. The van der Waals surface area contributed by atoms with E-state index in [2.05, 4.69) is 10.5 Å². The molecule has 2 aromatic rings. The first-order chi connectivity index (χ1) is 10.6. The Morgan fingerprint density at radius 1 is 1.23 bits per heavy atom. The first-order valence-corrected chi connectivity index (χ1v) is 6.87. The van der Waals surface area contributed by atoms with Crippen LogP contribution >= 0.6 is 0 Å². The van der Waals surface area contributed by atoms with Crippen LogP contribution in [0, 0.1) is 13.8 Å². The van der Waals surface area contributed by atoms with E-state index in [1.165, 1.54) is 6.21 Å². The summed E-state index contributed by atoms with van der Waals surface area (Å²) in [4.78, 5) is 12.0. The van der Waals surface area contributed by atoms with Crippen LogP contribution in [0.1, 0.15) is 16.7 Å². The van der Waals surface area contributed by atoms with Crippen LogP contribution in [0.15, 0.2) is 47.6 Å². The number of anilines is 1. The van der Waals surface area contributed by atoms with Crippen molar-refractivity contribution in [2.24, 2.45) is 5.16 Å². The Bertz CT molecular complexity index is 696. The highest BCUT2D eigenvalue weighted by molar-refractivity contribution is 5.93. The first kappa shape index (κ1) is 15.6. The fraction of sp³-hybridized carbons (Fsp3) is 0.176. The summed E-state index contributed by atoms with van der Waals surface area (Å²) < 4.78 is 5.48. The molecule has 0 aliphatic rings. The summed E-state index contributed by atoms with van der Waals surface area (Å²) in [5, 5.41) is 14.4. The lowest BCUT2D eigenvalue weighted by Gasteiger charge is -2.12. The summed E-state index contributed by atoms with van der Waals surface area (Å²) >= 11 is 0. The number of para-hydroxylation sites is 1. The van der Waals surface area contributed by atoms with E-state index in [0.29, 0.717) is 11.3 Å². The minimum Gasteiger partial charge on any atom is -0.483 e. The zero-order valence-electron chi connectivity index (χ0n) is 12.5. The van der Waals surface area contributed by atoms with Crippen molar-refractivity contribution in [1.29, 1.82) is 0 Å². The van der Waals surface area contributed by atoms with E-state index in [1.54, 1.807) is 24.3 Å². The molecular weight excluding hydrogens is 280 g/mol. The van der Waals surface area contributed by atoms with Crippen molar-refractivity contribution in [3.8, 4) is 5.75 Å². The molecule has 2 rings (SSSR count). The monoisotopic (exact) mass is 298 g/mol. The summed E-state index contributed by atoms with van der Waals surface area (Å²) in [5.74, 6) is 0.237. The van der Waals surface area contributed by atoms with Crippen molar-refractivity contribution in [2.45, 2.75) is 13.8 Å². The van der Waals surface area contributed by atoms with Crippen molar-refractivity contribution in [3.05, 3.63) is 59.2 Å². The Hall–Kier alpha value is -2.82. The van der Waals surface area contributed by atoms with E-state index in [0.717, 1.165) is 16.8 Å². The number of ether oxygens (including phenoxy) is 1. The Kier molecular flexibility index (Phi) is 5.14. The van der Waals surface area contributed by atoms with Gasteiger partial charge in [0.1, 0.15) is 5.75 Å². The van der Waals surface area contributed by atoms with E-state index < -0.39 is 0 Å². The van der Waals surface area contributed by atoms with Gasteiger partial charge in [-0.25, -0.2) is 0 Å². The number of hydrogen-bond donors (Lipinski definition) is 2. The zero-order chi connectivity index (χ0) is 15.9. The third-order valence-corrected chi connectivity index (χ3v) is 3.35. The lowest BCUT2D eigenvalue weighted by molar-refractivity contribution is -0.118. The van der Waals surface area contributed by atoms with Gasteiger partial charge in [0.2, 0.25) is 0 Å². The van der Waals surface area contributed by atoms with Crippen molar-refractivity contribution in [3.63, 3.8) is 0 Å². The first-order valence-electron chi connectivity index (χ1n) is 6.87. The number of carbonyl (C=O) groups is 1. The fourth-order valence-electron chi connectivity index (χ4n) is 2.00. The minimum atomic E-state index is -0.246. The lowest BCUT2D eigenvalue weighted by Crippen LogP contribution is -2.21. The summed E-state index contributed by atoms with van der Waals surface area (Å²) in [6.45, 7) is 3.83. The molecule has 0 heterocycles. The number of oxime groups is 1. The number of hydrogen-bond acceptors (Lipinski definition) is 4. The van der Waals surface area contributed by atoms with Gasteiger partial charge in [0.25, 0.3) is 5.91 Å². The number of aryl methyl sites for hydroxylation is 1. The summed E-state index contributed by atoms with van der Waals surface area (Å²) in [6.07, 6.45) is 1.26. The second-order valence-electron chi connectivity index (χ2n) is 4.87. The lowest BCUT2D eigenvalue weighted by atomic mass is 10.1. The quantitative estimate of drug-likeness (QED) is 0.506. The number of nitrogens with zero attached hydrogens (tertiary/aromatic N) is 1. The SMILES string of the molecule is Cc1cccc(NC(=O)COc2ccccc2/C=N/O)c1C. The van der Waals surface area contributed by atoms with E-state index in [9.17, 15) is 4.79 Å². The average Bonchev–Trinajstić information content (AvgIpc) is 2.51. The van der Waals surface area contributed by atoms with Gasteiger partial charge in [-0.2, -0.15) is 0 Å². The molecule has 114 valence electrons. The molecule has 0 radical (unpaired) electrons. The predicted molar refractivity (Wildman–Crippen MR) is 85.9 cm³/mol. The number of nitrogens with one attached hydrogen (secondary N) is 1. The minimum absolute atomic E-state index is 0.121.